The first-order valence-electron chi connectivity index (χ1n) is 7.06. The third-order valence-electron chi connectivity index (χ3n) is 3.54. The van der Waals surface area contributed by atoms with Crippen LogP contribution in [0.15, 0.2) is 42.9 Å². The molecule has 0 unspecified atom stereocenters. The van der Waals surface area contributed by atoms with Gasteiger partial charge in [-0.3, -0.25) is 0 Å². The maximum atomic E-state index is 14.3. The molecule has 0 radical (unpaired) electrons. The van der Waals surface area contributed by atoms with Crippen LogP contribution in [0, 0.1) is 17.1 Å². The van der Waals surface area contributed by atoms with Gasteiger partial charge < -0.3 is 9.84 Å². The van der Waals surface area contributed by atoms with Crippen LogP contribution in [0.4, 0.5) is 4.39 Å². The van der Waals surface area contributed by atoms with Gasteiger partial charge in [0.05, 0.1) is 30.5 Å². The van der Waals surface area contributed by atoms with Crippen molar-refractivity contribution in [3.05, 3.63) is 59.8 Å². The summed E-state index contributed by atoms with van der Waals surface area (Å²) in [5.41, 5.74) is 0.701. The maximum Gasteiger partial charge on any atom is 0.338 e. The molecule has 1 aromatic carbocycles. The van der Waals surface area contributed by atoms with Gasteiger partial charge in [0.25, 0.3) is 0 Å². The first-order chi connectivity index (χ1) is 12.0. The zero-order chi connectivity index (χ0) is 18.0. The van der Waals surface area contributed by atoms with E-state index in [1.165, 1.54) is 48.6 Å². The van der Waals surface area contributed by atoms with E-state index in [2.05, 4.69) is 10.1 Å². The molecule has 1 N–H and O–H groups in total. The van der Waals surface area contributed by atoms with Crippen molar-refractivity contribution in [2.75, 3.05) is 7.11 Å². The Morgan fingerprint density at radius 1 is 1.32 bits per heavy atom. The SMILES string of the molecule is COc1ccc(-c2cnc(-n3cc(C(=O)O)cn3)cc2C#N)c(F)c1. The molecule has 0 amide bonds. The lowest BCUT2D eigenvalue weighted by atomic mass is 10.0. The molecule has 2 aromatic heterocycles. The van der Waals surface area contributed by atoms with Gasteiger partial charge in [0.1, 0.15) is 11.6 Å². The molecule has 124 valence electrons. The molecule has 3 rings (SSSR count). The second-order valence-electron chi connectivity index (χ2n) is 5.02. The van der Waals surface area contributed by atoms with Crippen molar-refractivity contribution in [2.45, 2.75) is 0 Å². The Kier molecular flexibility index (Phi) is 4.14. The summed E-state index contributed by atoms with van der Waals surface area (Å²) in [4.78, 5) is 15.1. The number of halogens is 1. The van der Waals surface area contributed by atoms with E-state index in [1.807, 2.05) is 6.07 Å². The van der Waals surface area contributed by atoms with E-state index in [-0.39, 0.29) is 22.5 Å². The Morgan fingerprint density at radius 2 is 2.12 bits per heavy atom. The van der Waals surface area contributed by atoms with Crippen molar-refractivity contribution >= 4 is 5.97 Å². The minimum absolute atomic E-state index is 0.00872. The smallest absolute Gasteiger partial charge is 0.338 e. The van der Waals surface area contributed by atoms with Crippen LogP contribution >= 0.6 is 0 Å². The van der Waals surface area contributed by atoms with Gasteiger partial charge in [0.2, 0.25) is 0 Å². The molecule has 0 spiro atoms. The van der Waals surface area contributed by atoms with Crippen LogP contribution in [-0.2, 0) is 0 Å². The summed E-state index contributed by atoms with van der Waals surface area (Å²) in [7, 11) is 1.43. The Balaban J connectivity index is 2.06. The Morgan fingerprint density at radius 3 is 2.72 bits per heavy atom. The highest BCUT2D eigenvalue weighted by atomic mass is 19.1. The fraction of sp³-hybridized carbons (Fsp3) is 0.0588. The molecule has 8 heteroatoms. The van der Waals surface area contributed by atoms with Crippen LogP contribution < -0.4 is 4.74 Å². The van der Waals surface area contributed by atoms with Gasteiger partial charge >= 0.3 is 5.97 Å². The van der Waals surface area contributed by atoms with E-state index in [1.54, 1.807) is 6.07 Å². The van der Waals surface area contributed by atoms with Gasteiger partial charge in [-0.1, -0.05) is 0 Å². The standard InChI is InChI=1S/C17H11FN4O3/c1-25-12-2-3-13(15(18)5-12)14-8-20-16(4-10(14)6-19)22-9-11(7-21-22)17(23)24/h2-5,7-9H,1H3,(H,23,24). The predicted molar refractivity (Wildman–Crippen MR) is 85.0 cm³/mol. The minimum Gasteiger partial charge on any atom is -0.497 e. The van der Waals surface area contributed by atoms with Crippen molar-refractivity contribution in [3.63, 3.8) is 0 Å². The van der Waals surface area contributed by atoms with Crippen LogP contribution in [0.2, 0.25) is 0 Å². The van der Waals surface area contributed by atoms with E-state index >= 15 is 0 Å². The number of methoxy groups -OCH3 is 1. The van der Waals surface area contributed by atoms with Gasteiger partial charge in [-0.2, -0.15) is 10.4 Å². The molecule has 0 fully saturated rings. The molecule has 0 atom stereocenters. The van der Waals surface area contributed by atoms with E-state index in [0.717, 1.165) is 0 Å². The average molecular weight is 338 g/mol. The van der Waals surface area contributed by atoms with E-state index in [4.69, 9.17) is 9.84 Å². The molecule has 2 heterocycles. The number of hydrogen-bond acceptors (Lipinski definition) is 5. The van der Waals surface area contributed by atoms with Gasteiger partial charge in [0, 0.05) is 35.7 Å². The van der Waals surface area contributed by atoms with Gasteiger partial charge in [-0.15, -0.1) is 0 Å². The number of ether oxygens (including phenoxy) is 1. The number of aromatic carboxylic acids is 1. The third kappa shape index (κ3) is 3.03. The summed E-state index contributed by atoms with van der Waals surface area (Å²) >= 11 is 0. The van der Waals surface area contributed by atoms with Crippen molar-refractivity contribution in [1.82, 2.24) is 14.8 Å². The first-order valence-corrected chi connectivity index (χ1v) is 7.06. The number of nitrogens with zero attached hydrogens (tertiary/aromatic N) is 4. The Hall–Kier alpha value is -3.73. The van der Waals surface area contributed by atoms with Crippen LogP contribution in [0.3, 0.4) is 0 Å². The quantitative estimate of drug-likeness (QED) is 0.785. The van der Waals surface area contributed by atoms with Crippen molar-refractivity contribution in [2.24, 2.45) is 0 Å². The number of carboxylic acids is 1. The molecular formula is C17H11FN4O3. The van der Waals surface area contributed by atoms with Crippen LogP contribution in [0.25, 0.3) is 16.9 Å². The molecule has 0 aliphatic carbocycles. The fourth-order valence-corrected chi connectivity index (χ4v) is 2.28. The van der Waals surface area contributed by atoms with Crippen molar-refractivity contribution < 1.29 is 19.0 Å². The van der Waals surface area contributed by atoms with E-state index in [0.29, 0.717) is 11.3 Å². The summed E-state index contributed by atoms with van der Waals surface area (Å²) in [6.45, 7) is 0. The largest absolute Gasteiger partial charge is 0.497 e. The summed E-state index contributed by atoms with van der Waals surface area (Å²) in [6, 6.07) is 7.71. The maximum absolute atomic E-state index is 14.3. The van der Waals surface area contributed by atoms with Crippen molar-refractivity contribution in [1.29, 1.82) is 5.26 Å². The molecule has 0 aliphatic rings. The monoisotopic (exact) mass is 338 g/mol. The highest BCUT2D eigenvalue weighted by molar-refractivity contribution is 5.87. The second-order valence-corrected chi connectivity index (χ2v) is 5.02. The third-order valence-corrected chi connectivity index (χ3v) is 3.54. The number of rotatable bonds is 4. The van der Waals surface area contributed by atoms with Gasteiger partial charge in [0.15, 0.2) is 5.82 Å². The molecule has 0 saturated heterocycles. The number of carbonyl (C=O) groups is 1. The normalized spacial score (nSPS) is 10.3. The summed E-state index contributed by atoms with van der Waals surface area (Å²) in [5, 5.41) is 22.2. The Bertz CT molecular complexity index is 1010. The summed E-state index contributed by atoms with van der Waals surface area (Å²) in [5.74, 6) is -1.05. The molecule has 0 aliphatic heterocycles. The topological polar surface area (TPSA) is 101 Å². The van der Waals surface area contributed by atoms with E-state index in [9.17, 15) is 14.4 Å². The summed E-state index contributed by atoms with van der Waals surface area (Å²) in [6.07, 6.45) is 3.80. The summed E-state index contributed by atoms with van der Waals surface area (Å²) < 4.78 is 20.5. The van der Waals surface area contributed by atoms with Gasteiger partial charge in [-0.05, 0) is 12.1 Å². The number of hydrogen-bond donors (Lipinski definition) is 1. The number of aromatic nitrogens is 3. The zero-order valence-electron chi connectivity index (χ0n) is 13.0. The number of carboxylic acid groups (broad SMARTS) is 1. The number of benzene rings is 1. The highest BCUT2D eigenvalue weighted by Crippen LogP contribution is 2.29. The highest BCUT2D eigenvalue weighted by Gasteiger charge is 2.14. The van der Waals surface area contributed by atoms with Gasteiger partial charge in [-0.25, -0.2) is 18.9 Å². The molecule has 0 saturated carbocycles. The Labute approximate surface area is 141 Å². The van der Waals surface area contributed by atoms with Crippen molar-refractivity contribution in [3.8, 4) is 28.8 Å². The van der Waals surface area contributed by atoms with Crippen LogP contribution in [0.1, 0.15) is 15.9 Å². The second kappa shape index (κ2) is 6.41. The molecule has 3 aromatic rings. The minimum atomic E-state index is -1.12. The lowest BCUT2D eigenvalue weighted by molar-refractivity contribution is 0.0697. The first kappa shape index (κ1) is 16.1. The molecule has 25 heavy (non-hydrogen) atoms. The number of nitriles is 1. The zero-order valence-corrected chi connectivity index (χ0v) is 13.0. The molecular weight excluding hydrogens is 327 g/mol. The van der Waals surface area contributed by atoms with Crippen LogP contribution in [0.5, 0.6) is 5.75 Å². The lowest BCUT2D eigenvalue weighted by Crippen LogP contribution is -2.01. The molecule has 7 nitrogen and oxygen atoms in total. The predicted octanol–water partition coefficient (Wildman–Crippen LogP) is 2.65. The lowest BCUT2D eigenvalue weighted by Gasteiger charge is -2.09. The number of pyridine rings is 1. The average Bonchev–Trinajstić information content (AvgIpc) is 3.11. The fourth-order valence-electron chi connectivity index (χ4n) is 2.28. The molecule has 0 bridgehead atoms. The van der Waals surface area contributed by atoms with Crippen LogP contribution in [-0.4, -0.2) is 33.0 Å². The van der Waals surface area contributed by atoms with E-state index < -0.39 is 11.8 Å².